The molecule has 1 unspecified atom stereocenters. The van der Waals surface area contributed by atoms with Gasteiger partial charge in [0.2, 0.25) is 0 Å². The predicted octanol–water partition coefficient (Wildman–Crippen LogP) is 2.44. The van der Waals surface area contributed by atoms with Gasteiger partial charge in [0.25, 0.3) is 5.91 Å². The Balaban J connectivity index is 2.16. The zero-order valence-corrected chi connectivity index (χ0v) is 12.6. The number of amides is 1. The van der Waals surface area contributed by atoms with Gasteiger partial charge in [-0.25, -0.2) is 4.98 Å². The highest BCUT2D eigenvalue weighted by atomic mass is 79.9. The van der Waals surface area contributed by atoms with E-state index in [0.717, 1.165) is 4.47 Å². The van der Waals surface area contributed by atoms with Gasteiger partial charge in [-0.05, 0) is 42.8 Å². The molecule has 0 saturated carbocycles. The summed E-state index contributed by atoms with van der Waals surface area (Å²) in [5, 5.41) is 9.41. The minimum atomic E-state index is -0.218. The quantitative estimate of drug-likeness (QED) is 0.906. The lowest BCUT2D eigenvalue weighted by atomic mass is 10.3. The van der Waals surface area contributed by atoms with Crippen LogP contribution in [0.3, 0.4) is 0 Å². The Kier molecular flexibility index (Phi) is 4.04. The van der Waals surface area contributed by atoms with E-state index in [4.69, 9.17) is 0 Å². The maximum absolute atomic E-state index is 12.3. The van der Waals surface area contributed by atoms with Crippen LogP contribution in [0.5, 0.6) is 0 Å². The van der Waals surface area contributed by atoms with Gasteiger partial charge in [0.05, 0.1) is 6.04 Å². The molecule has 19 heavy (non-hydrogen) atoms. The number of hydrogen-bond acceptors (Lipinski definition) is 3. The van der Waals surface area contributed by atoms with Gasteiger partial charge in [0.15, 0.2) is 0 Å². The molecular weight excluding hydrogens is 310 g/mol. The monoisotopic (exact) mass is 325 g/mol. The minimum absolute atomic E-state index is 0.136. The lowest BCUT2D eigenvalue weighted by Crippen LogP contribution is -2.29. The summed E-state index contributed by atoms with van der Waals surface area (Å²) in [5.41, 5.74) is 0.619. The molecule has 2 aromatic rings. The van der Waals surface area contributed by atoms with E-state index in [0.29, 0.717) is 11.5 Å². The summed E-state index contributed by atoms with van der Waals surface area (Å²) in [4.78, 5) is 16.3. The van der Waals surface area contributed by atoms with E-state index in [1.165, 1.54) is 6.33 Å². The van der Waals surface area contributed by atoms with Crippen LogP contribution in [0.2, 0.25) is 0 Å². The number of nitrogens with zero attached hydrogens (tertiary/aromatic N) is 3. The van der Waals surface area contributed by atoms with E-state index >= 15 is 0 Å². The third-order valence-electron chi connectivity index (χ3n) is 2.80. The molecule has 102 valence electrons. The lowest BCUT2D eigenvalue weighted by molar-refractivity contribution is 0.0927. The molecule has 7 heteroatoms. The molecule has 2 heterocycles. The molecule has 0 aliphatic carbocycles. The summed E-state index contributed by atoms with van der Waals surface area (Å²) < 4.78 is 2.81. The molecular formula is C12H16BrN5O. The second kappa shape index (κ2) is 5.56. The van der Waals surface area contributed by atoms with Crippen LogP contribution < -0.4 is 5.32 Å². The van der Waals surface area contributed by atoms with Crippen molar-refractivity contribution in [1.29, 1.82) is 0 Å². The highest BCUT2D eigenvalue weighted by Crippen LogP contribution is 2.20. The lowest BCUT2D eigenvalue weighted by Gasteiger charge is -2.15. The third kappa shape index (κ3) is 3.04. The smallest absolute Gasteiger partial charge is 0.268 e. The van der Waals surface area contributed by atoms with Crippen molar-refractivity contribution in [2.24, 2.45) is 0 Å². The fourth-order valence-electron chi connectivity index (χ4n) is 1.82. The number of halogens is 1. The Morgan fingerprint density at radius 1 is 1.47 bits per heavy atom. The van der Waals surface area contributed by atoms with Gasteiger partial charge in [-0.15, -0.1) is 0 Å². The van der Waals surface area contributed by atoms with E-state index in [-0.39, 0.29) is 18.0 Å². The molecule has 2 aromatic heterocycles. The fourth-order valence-corrected chi connectivity index (χ4v) is 2.25. The molecule has 0 bridgehead atoms. The standard InChI is InChI=1S/C12H16BrN5O/c1-7(2)18-5-9(13)4-10(18)12(19)16-8(3)11-14-6-15-17-11/h4-8H,1-3H3,(H,16,19)(H,14,15,17). The summed E-state index contributed by atoms with van der Waals surface area (Å²) >= 11 is 3.40. The zero-order valence-electron chi connectivity index (χ0n) is 11.0. The van der Waals surface area contributed by atoms with Crippen molar-refractivity contribution in [3.05, 3.63) is 34.6 Å². The SMILES string of the molecule is CC(NC(=O)c1cc(Br)cn1C(C)C)c1ncn[nH]1. The Bertz CT molecular complexity index is 561. The first kappa shape index (κ1) is 13.8. The van der Waals surface area contributed by atoms with Crippen LogP contribution in [0.25, 0.3) is 0 Å². The highest BCUT2D eigenvalue weighted by molar-refractivity contribution is 9.10. The van der Waals surface area contributed by atoms with Crippen molar-refractivity contribution in [2.75, 3.05) is 0 Å². The van der Waals surface area contributed by atoms with Gasteiger partial charge in [-0.2, -0.15) is 5.10 Å². The van der Waals surface area contributed by atoms with Crippen LogP contribution in [0.4, 0.5) is 0 Å². The normalized spacial score (nSPS) is 12.7. The molecule has 2 rings (SSSR count). The van der Waals surface area contributed by atoms with Gasteiger partial charge in [-0.1, -0.05) is 0 Å². The van der Waals surface area contributed by atoms with E-state index < -0.39 is 0 Å². The summed E-state index contributed by atoms with van der Waals surface area (Å²) in [7, 11) is 0. The van der Waals surface area contributed by atoms with Gasteiger partial charge in [-0.3, -0.25) is 9.89 Å². The van der Waals surface area contributed by atoms with Gasteiger partial charge >= 0.3 is 0 Å². The molecule has 6 nitrogen and oxygen atoms in total. The first-order valence-electron chi connectivity index (χ1n) is 6.02. The van der Waals surface area contributed by atoms with Gasteiger partial charge < -0.3 is 9.88 Å². The molecule has 1 atom stereocenters. The average Bonchev–Trinajstić information content (AvgIpc) is 2.96. The fraction of sp³-hybridized carbons (Fsp3) is 0.417. The second-order valence-corrected chi connectivity index (χ2v) is 5.53. The molecule has 0 aliphatic rings. The number of aromatic amines is 1. The van der Waals surface area contributed by atoms with E-state index in [9.17, 15) is 4.79 Å². The molecule has 0 radical (unpaired) electrons. The topological polar surface area (TPSA) is 75.6 Å². The van der Waals surface area contributed by atoms with Crippen LogP contribution in [0.15, 0.2) is 23.1 Å². The number of H-pyrrole nitrogens is 1. The van der Waals surface area contributed by atoms with Crippen molar-refractivity contribution >= 4 is 21.8 Å². The Morgan fingerprint density at radius 2 is 2.21 bits per heavy atom. The number of aromatic nitrogens is 4. The summed E-state index contributed by atoms with van der Waals surface area (Å²) in [5.74, 6) is 0.498. The molecule has 0 aromatic carbocycles. The predicted molar refractivity (Wildman–Crippen MR) is 74.8 cm³/mol. The highest BCUT2D eigenvalue weighted by Gasteiger charge is 2.18. The molecule has 0 saturated heterocycles. The number of carbonyl (C=O) groups is 1. The maximum atomic E-state index is 12.3. The van der Waals surface area contributed by atoms with E-state index in [1.807, 2.05) is 37.6 Å². The first-order chi connectivity index (χ1) is 8.99. The van der Waals surface area contributed by atoms with Crippen molar-refractivity contribution in [3.8, 4) is 0 Å². The van der Waals surface area contributed by atoms with E-state index in [2.05, 4.69) is 36.4 Å². The molecule has 0 spiro atoms. The Hall–Kier alpha value is -1.63. The first-order valence-corrected chi connectivity index (χ1v) is 6.82. The van der Waals surface area contributed by atoms with Crippen molar-refractivity contribution in [1.82, 2.24) is 25.1 Å². The number of rotatable bonds is 4. The van der Waals surface area contributed by atoms with Crippen molar-refractivity contribution < 1.29 is 4.79 Å². The third-order valence-corrected chi connectivity index (χ3v) is 3.23. The largest absolute Gasteiger partial charge is 0.341 e. The summed E-state index contributed by atoms with van der Waals surface area (Å²) in [6.45, 7) is 5.92. The number of carbonyl (C=O) groups excluding carboxylic acids is 1. The van der Waals surface area contributed by atoms with Crippen LogP contribution >= 0.6 is 15.9 Å². The van der Waals surface area contributed by atoms with Crippen LogP contribution in [-0.4, -0.2) is 25.7 Å². The summed E-state index contributed by atoms with van der Waals surface area (Å²) in [6.07, 6.45) is 3.32. The maximum Gasteiger partial charge on any atom is 0.268 e. The Morgan fingerprint density at radius 3 is 2.79 bits per heavy atom. The molecule has 1 amide bonds. The van der Waals surface area contributed by atoms with Crippen LogP contribution in [-0.2, 0) is 0 Å². The molecule has 0 fully saturated rings. The van der Waals surface area contributed by atoms with Gasteiger partial charge in [0, 0.05) is 16.7 Å². The van der Waals surface area contributed by atoms with Gasteiger partial charge in [0.1, 0.15) is 17.8 Å². The van der Waals surface area contributed by atoms with E-state index in [1.54, 1.807) is 0 Å². The molecule has 0 aliphatic heterocycles. The van der Waals surface area contributed by atoms with Crippen molar-refractivity contribution in [3.63, 3.8) is 0 Å². The van der Waals surface area contributed by atoms with Crippen LogP contribution in [0.1, 0.15) is 49.2 Å². The summed E-state index contributed by atoms with van der Waals surface area (Å²) in [6, 6.07) is 1.81. The zero-order chi connectivity index (χ0) is 14.0. The molecule has 2 N–H and O–H groups in total. The number of nitrogens with one attached hydrogen (secondary N) is 2. The van der Waals surface area contributed by atoms with Crippen LogP contribution in [0, 0.1) is 0 Å². The average molecular weight is 326 g/mol. The minimum Gasteiger partial charge on any atom is -0.341 e. The second-order valence-electron chi connectivity index (χ2n) is 4.61. The van der Waals surface area contributed by atoms with Crippen molar-refractivity contribution in [2.45, 2.75) is 32.9 Å². The number of hydrogen-bond donors (Lipinski definition) is 2. The Labute approximate surface area is 119 Å².